The molecule has 0 fully saturated rings. The Morgan fingerprint density at radius 2 is 1.94 bits per heavy atom. The molecule has 3 heteroatoms. The number of nitrogens with one attached hydrogen (secondary N) is 1. The van der Waals surface area contributed by atoms with Crippen LogP contribution in [0.2, 0.25) is 0 Å². The van der Waals surface area contributed by atoms with Crippen LogP contribution in [0.25, 0.3) is 0 Å². The molecule has 1 N–H and O–H groups in total. The minimum atomic E-state index is 0.549. The molecule has 0 aromatic heterocycles. The number of hydrogen-bond donors (Lipinski definition) is 1. The van der Waals surface area contributed by atoms with Crippen LogP contribution in [0.1, 0.15) is 16.7 Å². The molecule has 0 saturated heterocycles. The number of aryl methyl sites for hydroxylation is 2. The van der Waals surface area contributed by atoms with E-state index in [1.54, 1.807) is 13.2 Å². The van der Waals surface area contributed by atoms with Crippen molar-refractivity contribution >= 4 is 0 Å². The molecule has 0 atom stereocenters. The van der Waals surface area contributed by atoms with E-state index < -0.39 is 0 Å². The highest BCUT2D eigenvalue weighted by Gasteiger charge is 2.05. The molecular formula is C15H23NO2. The van der Waals surface area contributed by atoms with Gasteiger partial charge in [-0.3, -0.25) is 0 Å². The lowest BCUT2D eigenvalue weighted by atomic mass is 10.1. The Morgan fingerprint density at radius 1 is 1.28 bits per heavy atom. The van der Waals surface area contributed by atoms with E-state index in [1.165, 1.54) is 16.7 Å². The monoisotopic (exact) mass is 249 g/mol. The predicted octanol–water partition coefficient (Wildman–Crippen LogP) is 2.60. The minimum absolute atomic E-state index is 0.549. The summed E-state index contributed by atoms with van der Waals surface area (Å²) in [4.78, 5) is 0. The van der Waals surface area contributed by atoms with E-state index in [0.29, 0.717) is 6.61 Å². The van der Waals surface area contributed by atoms with Gasteiger partial charge in [0, 0.05) is 20.2 Å². The maximum absolute atomic E-state index is 5.66. The Labute approximate surface area is 110 Å². The third kappa shape index (κ3) is 4.51. The van der Waals surface area contributed by atoms with Crippen LogP contribution in [0.5, 0.6) is 5.75 Å². The van der Waals surface area contributed by atoms with E-state index >= 15 is 0 Å². The fourth-order valence-corrected chi connectivity index (χ4v) is 1.92. The summed E-state index contributed by atoms with van der Waals surface area (Å²) in [6.07, 6.45) is 1.76. The van der Waals surface area contributed by atoms with Gasteiger partial charge < -0.3 is 14.8 Å². The first-order valence-electron chi connectivity index (χ1n) is 6.22. The van der Waals surface area contributed by atoms with Gasteiger partial charge >= 0.3 is 0 Å². The summed E-state index contributed by atoms with van der Waals surface area (Å²) in [7, 11) is 1.71. The summed E-state index contributed by atoms with van der Waals surface area (Å²) in [6, 6.07) is 4.32. The lowest BCUT2D eigenvalue weighted by Gasteiger charge is -2.13. The smallest absolute Gasteiger partial charge is 0.125 e. The largest absolute Gasteiger partial charge is 0.489 e. The van der Waals surface area contributed by atoms with Crippen LogP contribution in [0.4, 0.5) is 0 Å². The van der Waals surface area contributed by atoms with Gasteiger partial charge in [0.1, 0.15) is 12.4 Å². The zero-order valence-electron chi connectivity index (χ0n) is 11.6. The molecule has 0 aliphatic carbocycles. The van der Waals surface area contributed by atoms with Gasteiger partial charge in [-0.2, -0.15) is 0 Å². The van der Waals surface area contributed by atoms with Crippen LogP contribution < -0.4 is 10.1 Å². The van der Waals surface area contributed by atoms with Crippen molar-refractivity contribution in [2.75, 3.05) is 26.9 Å². The third-order valence-electron chi connectivity index (χ3n) is 2.68. The molecule has 0 aliphatic rings. The van der Waals surface area contributed by atoms with E-state index in [2.05, 4.69) is 37.9 Å². The molecule has 100 valence electrons. The second kappa shape index (κ2) is 7.90. The molecule has 0 saturated carbocycles. The van der Waals surface area contributed by atoms with Crippen LogP contribution in [-0.4, -0.2) is 26.9 Å². The van der Waals surface area contributed by atoms with Gasteiger partial charge in [-0.15, -0.1) is 0 Å². The Kier molecular flexibility index (Phi) is 6.47. The Bertz CT molecular complexity index is 365. The van der Waals surface area contributed by atoms with Crippen molar-refractivity contribution in [3.63, 3.8) is 0 Å². The molecule has 18 heavy (non-hydrogen) atoms. The number of ether oxygens (including phenoxy) is 2. The molecule has 1 aromatic rings. The van der Waals surface area contributed by atoms with Gasteiger partial charge in [0.05, 0.1) is 6.61 Å². The van der Waals surface area contributed by atoms with Gasteiger partial charge in [0.2, 0.25) is 0 Å². The second-order valence-corrected chi connectivity index (χ2v) is 4.33. The zero-order valence-corrected chi connectivity index (χ0v) is 11.6. The minimum Gasteiger partial charge on any atom is -0.489 e. The molecule has 0 aliphatic heterocycles. The van der Waals surface area contributed by atoms with Gasteiger partial charge in [0.15, 0.2) is 0 Å². The molecule has 1 aromatic carbocycles. The van der Waals surface area contributed by atoms with E-state index in [-0.39, 0.29) is 0 Å². The van der Waals surface area contributed by atoms with Gasteiger partial charge in [-0.25, -0.2) is 0 Å². The van der Waals surface area contributed by atoms with Crippen molar-refractivity contribution in [1.82, 2.24) is 5.32 Å². The van der Waals surface area contributed by atoms with Gasteiger partial charge in [-0.05, 0) is 30.5 Å². The maximum atomic E-state index is 5.66. The van der Waals surface area contributed by atoms with Gasteiger partial charge in [0.25, 0.3) is 0 Å². The van der Waals surface area contributed by atoms with E-state index in [0.717, 1.165) is 25.4 Å². The molecule has 0 amide bonds. The maximum Gasteiger partial charge on any atom is 0.125 e. The van der Waals surface area contributed by atoms with Crippen molar-refractivity contribution in [3.05, 3.63) is 41.5 Å². The fourth-order valence-electron chi connectivity index (χ4n) is 1.92. The standard InChI is InChI=1S/C15H23NO2/c1-5-7-18-15-12(2)9-14(10-13(15)3)11-16-6-8-17-4/h5,9-10,16H,1,6-8,11H2,2-4H3. The highest BCUT2D eigenvalue weighted by molar-refractivity contribution is 5.43. The van der Waals surface area contributed by atoms with Crippen molar-refractivity contribution < 1.29 is 9.47 Å². The van der Waals surface area contributed by atoms with Gasteiger partial charge in [-0.1, -0.05) is 24.8 Å². The van der Waals surface area contributed by atoms with Crippen LogP contribution in [-0.2, 0) is 11.3 Å². The van der Waals surface area contributed by atoms with Crippen molar-refractivity contribution in [2.45, 2.75) is 20.4 Å². The SMILES string of the molecule is C=CCOc1c(C)cc(CNCCOC)cc1C. The number of rotatable bonds is 8. The summed E-state index contributed by atoms with van der Waals surface area (Å²) >= 11 is 0. The van der Waals surface area contributed by atoms with Crippen LogP contribution in [0, 0.1) is 13.8 Å². The lowest BCUT2D eigenvalue weighted by Crippen LogP contribution is -2.18. The molecule has 0 heterocycles. The quantitative estimate of drug-likeness (QED) is 0.567. The number of methoxy groups -OCH3 is 1. The Hall–Kier alpha value is -1.32. The van der Waals surface area contributed by atoms with Crippen LogP contribution >= 0.6 is 0 Å². The molecular weight excluding hydrogens is 226 g/mol. The van der Waals surface area contributed by atoms with E-state index in [9.17, 15) is 0 Å². The van der Waals surface area contributed by atoms with Crippen LogP contribution in [0.3, 0.4) is 0 Å². The zero-order chi connectivity index (χ0) is 13.4. The molecule has 0 radical (unpaired) electrons. The summed E-state index contributed by atoms with van der Waals surface area (Å²) in [5, 5.41) is 3.34. The summed E-state index contributed by atoms with van der Waals surface area (Å²) in [6.45, 7) is 10.8. The molecule has 0 bridgehead atoms. The summed E-state index contributed by atoms with van der Waals surface area (Å²) in [5.41, 5.74) is 3.60. The Morgan fingerprint density at radius 3 is 2.50 bits per heavy atom. The average molecular weight is 249 g/mol. The van der Waals surface area contributed by atoms with Crippen LogP contribution in [0.15, 0.2) is 24.8 Å². The molecule has 0 spiro atoms. The first-order valence-corrected chi connectivity index (χ1v) is 6.22. The number of hydrogen-bond acceptors (Lipinski definition) is 3. The highest BCUT2D eigenvalue weighted by Crippen LogP contribution is 2.24. The fraction of sp³-hybridized carbons (Fsp3) is 0.467. The third-order valence-corrected chi connectivity index (χ3v) is 2.68. The number of benzene rings is 1. The molecule has 1 rings (SSSR count). The second-order valence-electron chi connectivity index (χ2n) is 4.33. The van der Waals surface area contributed by atoms with Crippen molar-refractivity contribution in [2.24, 2.45) is 0 Å². The van der Waals surface area contributed by atoms with Crippen molar-refractivity contribution in [3.8, 4) is 5.75 Å². The predicted molar refractivity (Wildman–Crippen MR) is 75.2 cm³/mol. The van der Waals surface area contributed by atoms with E-state index in [4.69, 9.17) is 9.47 Å². The normalized spacial score (nSPS) is 10.4. The first-order chi connectivity index (χ1) is 8.69. The highest BCUT2D eigenvalue weighted by atomic mass is 16.5. The topological polar surface area (TPSA) is 30.5 Å². The van der Waals surface area contributed by atoms with E-state index in [1.807, 2.05) is 0 Å². The average Bonchev–Trinajstić information content (AvgIpc) is 2.34. The molecule has 3 nitrogen and oxygen atoms in total. The molecule has 0 unspecified atom stereocenters. The first kappa shape index (κ1) is 14.7. The Balaban J connectivity index is 2.64. The summed E-state index contributed by atoms with van der Waals surface area (Å²) in [5.74, 6) is 0.968. The lowest BCUT2D eigenvalue weighted by molar-refractivity contribution is 0.199. The summed E-state index contributed by atoms with van der Waals surface area (Å²) < 4.78 is 10.7. The van der Waals surface area contributed by atoms with Crippen molar-refractivity contribution in [1.29, 1.82) is 0 Å².